The third kappa shape index (κ3) is 3.57. The average molecular weight is 366 g/mol. The first-order valence-corrected chi connectivity index (χ1v) is 8.42. The van der Waals surface area contributed by atoms with Gasteiger partial charge >= 0.3 is 0 Å². The molecule has 1 aliphatic heterocycles. The first-order chi connectivity index (χ1) is 13.1. The summed E-state index contributed by atoms with van der Waals surface area (Å²) in [6.07, 6.45) is 0.0884. The zero-order chi connectivity index (χ0) is 18.8. The van der Waals surface area contributed by atoms with E-state index in [0.29, 0.717) is 34.4 Å². The van der Waals surface area contributed by atoms with Gasteiger partial charge in [-0.3, -0.25) is 4.79 Å². The van der Waals surface area contributed by atoms with Gasteiger partial charge in [-0.1, -0.05) is 11.2 Å². The Labute approximate surface area is 155 Å². The van der Waals surface area contributed by atoms with Crippen LogP contribution in [-0.4, -0.2) is 25.0 Å². The number of aryl methyl sites for hydroxylation is 1. The number of amides is 1. The Kier molecular flexibility index (Phi) is 4.42. The number of carbonyl (C=O) groups is 1. The minimum atomic E-state index is -0.204. The molecule has 3 aromatic rings. The van der Waals surface area contributed by atoms with E-state index in [-0.39, 0.29) is 19.1 Å². The monoisotopic (exact) mass is 366 g/mol. The van der Waals surface area contributed by atoms with Crippen molar-refractivity contribution in [1.29, 1.82) is 0 Å². The molecule has 4 rings (SSSR count). The Morgan fingerprint density at radius 1 is 1.15 bits per heavy atom. The topological polar surface area (TPSA) is 82.8 Å². The molecular formula is C20H18N2O5. The van der Waals surface area contributed by atoms with Crippen LogP contribution in [0.2, 0.25) is 0 Å². The Morgan fingerprint density at radius 3 is 2.85 bits per heavy atom. The lowest BCUT2D eigenvalue weighted by Gasteiger charge is -2.10. The molecule has 0 radical (unpaired) electrons. The molecule has 2 aromatic carbocycles. The van der Waals surface area contributed by atoms with Gasteiger partial charge in [0.15, 0.2) is 17.3 Å². The fourth-order valence-corrected chi connectivity index (χ4v) is 2.86. The third-order valence-corrected chi connectivity index (χ3v) is 4.19. The summed E-state index contributed by atoms with van der Waals surface area (Å²) in [5, 5.41) is 6.84. The standard InChI is InChI=1S/C20H18N2O5/c1-12-3-5-16(24-2)15(7-12)21-20(23)10-14-9-18(27-22-14)13-4-6-17-19(8-13)26-11-25-17/h3-9H,10-11H2,1-2H3,(H,21,23). The second-order valence-electron chi connectivity index (χ2n) is 6.18. The zero-order valence-electron chi connectivity index (χ0n) is 14.9. The van der Waals surface area contributed by atoms with Crippen molar-refractivity contribution in [2.24, 2.45) is 0 Å². The van der Waals surface area contributed by atoms with Crippen LogP contribution in [0.15, 0.2) is 47.0 Å². The normalized spacial score (nSPS) is 12.1. The average Bonchev–Trinajstić information content (AvgIpc) is 3.30. The highest BCUT2D eigenvalue weighted by atomic mass is 16.7. The molecule has 138 valence electrons. The number of ether oxygens (including phenoxy) is 3. The number of benzene rings is 2. The molecule has 1 N–H and O–H groups in total. The van der Waals surface area contributed by atoms with E-state index in [4.69, 9.17) is 18.7 Å². The predicted molar refractivity (Wildman–Crippen MR) is 98.1 cm³/mol. The Bertz CT molecular complexity index is 996. The molecule has 27 heavy (non-hydrogen) atoms. The highest BCUT2D eigenvalue weighted by molar-refractivity contribution is 5.93. The van der Waals surface area contributed by atoms with Crippen LogP contribution in [0.4, 0.5) is 5.69 Å². The molecule has 0 saturated heterocycles. The number of hydrogen-bond acceptors (Lipinski definition) is 6. The molecule has 1 amide bonds. The minimum absolute atomic E-state index is 0.0884. The van der Waals surface area contributed by atoms with E-state index in [0.717, 1.165) is 11.1 Å². The molecule has 0 atom stereocenters. The van der Waals surface area contributed by atoms with Crippen molar-refractivity contribution in [2.45, 2.75) is 13.3 Å². The Balaban J connectivity index is 1.46. The number of anilines is 1. The minimum Gasteiger partial charge on any atom is -0.495 e. The summed E-state index contributed by atoms with van der Waals surface area (Å²) in [5.41, 5.74) is 2.99. The lowest BCUT2D eigenvalue weighted by molar-refractivity contribution is -0.115. The summed E-state index contributed by atoms with van der Waals surface area (Å²) in [6.45, 7) is 2.16. The second kappa shape index (κ2) is 7.03. The van der Waals surface area contributed by atoms with Crippen molar-refractivity contribution in [3.05, 3.63) is 53.7 Å². The number of nitrogens with one attached hydrogen (secondary N) is 1. The van der Waals surface area contributed by atoms with Crippen LogP contribution in [0.25, 0.3) is 11.3 Å². The van der Waals surface area contributed by atoms with E-state index >= 15 is 0 Å². The predicted octanol–water partition coefficient (Wildman–Crippen LogP) is 3.57. The Morgan fingerprint density at radius 2 is 2.00 bits per heavy atom. The summed E-state index contributed by atoms with van der Waals surface area (Å²) < 4.78 is 21.3. The first kappa shape index (κ1) is 17.0. The van der Waals surface area contributed by atoms with Gasteiger partial charge in [0, 0.05) is 11.6 Å². The van der Waals surface area contributed by atoms with Crippen LogP contribution >= 0.6 is 0 Å². The highest BCUT2D eigenvalue weighted by Gasteiger charge is 2.17. The second-order valence-corrected chi connectivity index (χ2v) is 6.18. The third-order valence-electron chi connectivity index (χ3n) is 4.19. The maximum atomic E-state index is 12.4. The maximum Gasteiger partial charge on any atom is 0.231 e. The van der Waals surface area contributed by atoms with Gasteiger partial charge in [0.1, 0.15) is 5.75 Å². The molecule has 0 unspecified atom stereocenters. The SMILES string of the molecule is COc1ccc(C)cc1NC(=O)Cc1cc(-c2ccc3c(c2)OCO3)on1. The molecule has 1 aliphatic rings. The van der Waals surface area contributed by atoms with Crippen molar-refractivity contribution < 1.29 is 23.5 Å². The van der Waals surface area contributed by atoms with Crippen molar-refractivity contribution in [2.75, 3.05) is 19.2 Å². The van der Waals surface area contributed by atoms with Gasteiger partial charge in [-0.25, -0.2) is 0 Å². The number of methoxy groups -OCH3 is 1. The number of rotatable bonds is 5. The van der Waals surface area contributed by atoms with Crippen LogP contribution < -0.4 is 19.5 Å². The van der Waals surface area contributed by atoms with Gasteiger partial charge < -0.3 is 24.1 Å². The summed E-state index contributed by atoms with van der Waals surface area (Å²) in [5.74, 6) is 2.32. The van der Waals surface area contributed by atoms with Gasteiger partial charge in [0.2, 0.25) is 12.7 Å². The fraction of sp³-hybridized carbons (Fsp3) is 0.200. The smallest absolute Gasteiger partial charge is 0.231 e. The molecule has 0 saturated carbocycles. The quantitative estimate of drug-likeness (QED) is 0.743. The summed E-state index contributed by atoms with van der Waals surface area (Å²) >= 11 is 0. The Hall–Kier alpha value is -3.48. The van der Waals surface area contributed by atoms with Crippen LogP contribution in [0, 0.1) is 6.92 Å². The molecular weight excluding hydrogens is 348 g/mol. The van der Waals surface area contributed by atoms with Crippen LogP contribution in [0.3, 0.4) is 0 Å². The molecule has 0 aliphatic carbocycles. The summed E-state index contributed by atoms with van der Waals surface area (Å²) in [4.78, 5) is 12.4. The number of hydrogen-bond donors (Lipinski definition) is 1. The van der Waals surface area contributed by atoms with Gasteiger partial charge in [-0.05, 0) is 42.8 Å². The van der Waals surface area contributed by atoms with Crippen molar-refractivity contribution in [3.8, 4) is 28.6 Å². The largest absolute Gasteiger partial charge is 0.495 e. The van der Waals surface area contributed by atoms with Gasteiger partial charge in [-0.2, -0.15) is 0 Å². The van der Waals surface area contributed by atoms with Crippen LogP contribution in [0.5, 0.6) is 17.2 Å². The van der Waals surface area contributed by atoms with Gasteiger partial charge in [-0.15, -0.1) is 0 Å². The van der Waals surface area contributed by atoms with E-state index in [9.17, 15) is 4.79 Å². The maximum absolute atomic E-state index is 12.4. The summed E-state index contributed by atoms with van der Waals surface area (Å²) in [6, 6.07) is 12.8. The van der Waals surface area contributed by atoms with Crippen molar-refractivity contribution in [3.63, 3.8) is 0 Å². The van der Waals surface area contributed by atoms with E-state index in [1.54, 1.807) is 13.2 Å². The van der Waals surface area contributed by atoms with Crippen LogP contribution in [0.1, 0.15) is 11.3 Å². The lowest BCUT2D eigenvalue weighted by atomic mass is 10.1. The van der Waals surface area contributed by atoms with Crippen molar-refractivity contribution >= 4 is 11.6 Å². The zero-order valence-corrected chi connectivity index (χ0v) is 14.9. The lowest BCUT2D eigenvalue weighted by Crippen LogP contribution is -2.15. The first-order valence-electron chi connectivity index (χ1n) is 8.42. The van der Waals surface area contributed by atoms with Crippen molar-refractivity contribution in [1.82, 2.24) is 5.16 Å². The van der Waals surface area contributed by atoms with Crippen LogP contribution in [-0.2, 0) is 11.2 Å². The number of aromatic nitrogens is 1. The molecule has 0 fully saturated rings. The van der Waals surface area contributed by atoms with E-state index in [1.165, 1.54) is 0 Å². The van der Waals surface area contributed by atoms with Gasteiger partial charge in [0.05, 0.1) is 24.9 Å². The van der Waals surface area contributed by atoms with Gasteiger partial charge in [0.25, 0.3) is 0 Å². The molecule has 7 nitrogen and oxygen atoms in total. The molecule has 0 spiro atoms. The molecule has 7 heteroatoms. The highest BCUT2D eigenvalue weighted by Crippen LogP contribution is 2.36. The van der Waals surface area contributed by atoms with E-state index in [2.05, 4.69) is 10.5 Å². The summed E-state index contributed by atoms with van der Waals surface area (Å²) in [7, 11) is 1.57. The van der Waals surface area contributed by atoms with E-state index < -0.39 is 0 Å². The van der Waals surface area contributed by atoms with E-state index in [1.807, 2.05) is 43.3 Å². The number of nitrogens with zero attached hydrogens (tertiary/aromatic N) is 1. The number of fused-ring (bicyclic) bond motifs is 1. The molecule has 1 aromatic heterocycles. The molecule has 2 heterocycles. The fourth-order valence-electron chi connectivity index (χ4n) is 2.86. The molecule has 0 bridgehead atoms. The number of carbonyl (C=O) groups excluding carboxylic acids is 1.